The predicted molar refractivity (Wildman–Crippen MR) is 92.1 cm³/mol. The minimum Gasteiger partial charge on any atom is -0.389 e. The smallest absolute Gasteiger partial charge is 0.259 e. The molecule has 0 unspecified atom stereocenters. The van der Waals surface area contributed by atoms with Gasteiger partial charge in [0, 0.05) is 17.3 Å². The van der Waals surface area contributed by atoms with Crippen LogP contribution in [-0.2, 0) is 0 Å². The number of thiocarbonyl (C=S) groups is 1. The molecule has 0 bridgehead atoms. The quantitative estimate of drug-likeness (QED) is 0.836. The lowest BCUT2D eigenvalue weighted by Gasteiger charge is -2.18. The van der Waals surface area contributed by atoms with Gasteiger partial charge in [0.25, 0.3) is 5.56 Å². The lowest BCUT2D eigenvalue weighted by molar-refractivity contribution is 0.878. The average Bonchev–Trinajstić information content (AvgIpc) is 2.36. The molecule has 3 N–H and O–H groups in total. The Hall–Kier alpha value is -1.79. The molecule has 0 aliphatic heterocycles. The number of nitrogens with zero attached hydrogens (tertiary/aromatic N) is 1. The van der Waals surface area contributed by atoms with Crippen molar-refractivity contribution in [2.45, 2.75) is 27.7 Å². The molecule has 0 aliphatic rings. The van der Waals surface area contributed by atoms with Gasteiger partial charge >= 0.3 is 0 Å². The summed E-state index contributed by atoms with van der Waals surface area (Å²) in [6.45, 7) is 7.62. The molecular formula is C15H17N3OS2. The maximum atomic E-state index is 12.3. The van der Waals surface area contributed by atoms with Gasteiger partial charge in [-0.1, -0.05) is 12.2 Å². The Morgan fingerprint density at radius 2 is 1.81 bits per heavy atom. The molecule has 21 heavy (non-hydrogen) atoms. The summed E-state index contributed by atoms with van der Waals surface area (Å²) in [7, 11) is 0. The zero-order valence-electron chi connectivity index (χ0n) is 12.4. The first-order chi connectivity index (χ1) is 9.73. The molecular weight excluding hydrogens is 302 g/mol. The second-order valence-corrected chi connectivity index (χ2v) is 5.96. The SMILES string of the molecule is Cc1cc(=O)n(-c2c(C)cc(C(N)=S)c(C)c2C)c(=S)[nH]1. The number of aromatic nitrogens is 2. The Kier molecular flexibility index (Phi) is 4.11. The van der Waals surface area contributed by atoms with Crippen molar-refractivity contribution in [3.63, 3.8) is 0 Å². The number of aromatic amines is 1. The molecule has 1 aromatic carbocycles. The third-order valence-electron chi connectivity index (χ3n) is 3.61. The molecule has 4 nitrogen and oxygen atoms in total. The number of aryl methyl sites for hydroxylation is 2. The molecule has 0 spiro atoms. The molecule has 0 amide bonds. The van der Waals surface area contributed by atoms with Gasteiger partial charge in [-0.3, -0.25) is 9.36 Å². The van der Waals surface area contributed by atoms with E-state index in [0.29, 0.717) is 9.76 Å². The topological polar surface area (TPSA) is 63.8 Å². The number of nitrogens with one attached hydrogen (secondary N) is 1. The van der Waals surface area contributed by atoms with Gasteiger partial charge in [0.2, 0.25) is 0 Å². The largest absolute Gasteiger partial charge is 0.389 e. The van der Waals surface area contributed by atoms with E-state index < -0.39 is 0 Å². The van der Waals surface area contributed by atoms with E-state index in [4.69, 9.17) is 30.2 Å². The van der Waals surface area contributed by atoms with Crippen LogP contribution in [0.4, 0.5) is 0 Å². The maximum Gasteiger partial charge on any atom is 0.259 e. The predicted octanol–water partition coefficient (Wildman–Crippen LogP) is 2.76. The zero-order chi connectivity index (χ0) is 15.9. The fraction of sp³-hybridized carbons (Fsp3) is 0.267. The van der Waals surface area contributed by atoms with Crippen LogP contribution in [0, 0.1) is 32.5 Å². The minimum absolute atomic E-state index is 0.148. The van der Waals surface area contributed by atoms with Gasteiger partial charge in [-0.2, -0.15) is 0 Å². The highest BCUT2D eigenvalue weighted by molar-refractivity contribution is 7.80. The Morgan fingerprint density at radius 1 is 1.19 bits per heavy atom. The Morgan fingerprint density at radius 3 is 2.33 bits per heavy atom. The van der Waals surface area contributed by atoms with E-state index in [9.17, 15) is 4.79 Å². The van der Waals surface area contributed by atoms with Crippen LogP contribution in [0.2, 0.25) is 0 Å². The second-order valence-electron chi connectivity index (χ2n) is 5.14. The molecule has 0 saturated heterocycles. The van der Waals surface area contributed by atoms with Crippen LogP contribution in [0.25, 0.3) is 5.69 Å². The van der Waals surface area contributed by atoms with Crippen LogP contribution in [-0.4, -0.2) is 14.5 Å². The van der Waals surface area contributed by atoms with Gasteiger partial charge in [-0.25, -0.2) is 0 Å². The van der Waals surface area contributed by atoms with Crippen LogP contribution in [0.1, 0.15) is 27.9 Å². The lowest BCUT2D eigenvalue weighted by atomic mass is 9.97. The number of benzene rings is 1. The fourth-order valence-corrected chi connectivity index (χ4v) is 3.04. The average molecular weight is 319 g/mol. The molecule has 6 heteroatoms. The maximum absolute atomic E-state index is 12.3. The van der Waals surface area contributed by atoms with E-state index in [-0.39, 0.29) is 5.56 Å². The van der Waals surface area contributed by atoms with E-state index in [1.165, 1.54) is 10.6 Å². The molecule has 1 aromatic heterocycles. The standard InChI is InChI=1S/C15H17N3OS2/c1-7-5-11(14(16)20)9(3)10(4)13(7)18-12(19)6-8(2)17-15(18)21/h5-6H,1-4H3,(H2,16,20)(H,17,21). The second kappa shape index (κ2) is 5.54. The van der Waals surface area contributed by atoms with E-state index in [1.807, 2.05) is 33.8 Å². The van der Waals surface area contributed by atoms with Crippen LogP contribution in [0.5, 0.6) is 0 Å². The van der Waals surface area contributed by atoms with Crippen molar-refractivity contribution in [2.75, 3.05) is 0 Å². The van der Waals surface area contributed by atoms with Crippen molar-refractivity contribution in [1.29, 1.82) is 0 Å². The Labute approximate surface area is 133 Å². The summed E-state index contributed by atoms with van der Waals surface area (Å²) in [5.74, 6) is 0. The highest BCUT2D eigenvalue weighted by Crippen LogP contribution is 2.24. The van der Waals surface area contributed by atoms with E-state index in [1.54, 1.807) is 0 Å². The summed E-state index contributed by atoms with van der Waals surface area (Å²) in [5, 5.41) is 0. The number of H-pyrrole nitrogens is 1. The summed E-state index contributed by atoms with van der Waals surface area (Å²) in [6.07, 6.45) is 0. The normalized spacial score (nSPS) is 10.7. The van der Waals surface area contributed by atoms with Gasteiger partial charge in [-0.05, 0) is 62.7 Å². The van der Waals surface area contributed by atoms with Crippen molar-refractivity contribution in [3.8, 4) is 5.69 Å². The number of nitrogens with two attached hydrogens (primary N) is 1. The van der Waals surface area contributed by atoms with Crippen molar-refractivity contribution < 1.29 is 0 Å². The third kappa shape index (κ3) is 2.69. The third-order valence-corrected chi connectivity index (χ3v) is 4.12. The first-order valence-corrected chi connectivity index (χ1v) is 7.29. The number of hydrogen-bond acceptors (Lipinski definition) is 3. The summed E-state index contributed by atoms with van der Waals surface area (Å²) in [4.78, 5) is 15.7. The van der Waals surface area contributed by atoms with Gasteiger partial charge in [-0.15, -0.1) is 0 Å². The van der Waals surface area contributed by atoms with Gasteiger partial charge in [0.15, 0.2) is 4.77 Å². The zero-order valence-corrected chi connectivity index (χ0v) is 14.0. The minimum atomic E-state index is -0.148. The molecule has 2 aromatic rings. The highest BCUT2D eigenvalue weighted by Gasteiger charge is 2.15. The fourth-order valence-electron chi connectivity index (χ4n) is 2.49. The van der Waals surface area contributed by atoms with Crippen molar-refractivity contribution >= 4 is 29.4 Å². The molecule has 2 rings (SSSR count). The summed E-state index contributed by atoms with van der Waals surface area (Å²) in [5.41, 5.74) is 10.8. The van der Waals surface area contributed by atoms with E-state index >= 15 is 0 Å². The van der Waals surface area contributed by atoms with Crippen LogP contribution in [0.15, 0.2) is 16.9 Å². The molecule has 0 radical (unpaired) electrons. The van der Waals surface area contributed by atoms with E-state index in [0.717, 1.165) is 33.6 Å². The number of hydrogen-bond donors (Lipinski definition) is 2. The summed E-state index contributed by atoms with van der Waals surface area (Å²) in [6, 6.07) is 3.44. The van der Waals surface area contributed by atoms with Crippen molar-refractivity contribution in [1.82, 2.24) is 9.55 Å². The van der Waals surface area contributed by atoms with Gasteiger partial charge in [0.1, 0.15) is 4.99 Å². The lowest BCUT2D eigenvalue weighted by Crippen LogP contribution is -2.23. The molecule has 0 saturated carbocycles. The van der Waals surface area contributed by atoms with Gasteiger partial charge in [0.05, 0.1) is 5.69 Å². The van der Waals surface area contributed by atoms with Crippen molar-refractivity contribution in [2.24, 2.45) is 5.73 Å². The summed E-state index contributed by atoms with van der Waals surface area (Å²) >= 11 is 10.4. The first kappa shape index (κ1) is 15.6. The van der Waals surface area contributed by atoms with Crippen molar-refractivity contribution in [3.05, 3.63) is 55.2 Å². The molecule has 0 atom stereocenters. The molecule has 1 heterocycles. The van der Waals surface area contributed by atoms with Crippen LogP contribution < -0.4 is 11.3 Å². The first-order valence-electron chi connectivity index (χ1n) is 6.48. The summed E-state index contributed by atoms with van der Waals surface area (Å²) < 4.78 is 1.90. The monoisotopic (exact) mass is 319 g/mol. The molecule has 110 valence electrons. The van der Waals surface area contributed by atoms with Crippen LogP contribution >= 0.6 is 24.4 Å². The molecule has 0 aliphatic carbocycles. The number of rotatable bonds is 2. The van der Waals surface area contributed by atoms with Crippen LogP contribution in [0.3, 0.4) is 0 Å². The highest BCUT2D eigenvalue weighted by atomic mass is 32.1. The van der Waals surface area contributed by atoms with E-state index in [2.05, 4.69) is 4.98 Å². The Bertz CT molecular complexity index is 831. The van der Waals surface area contributed by atoms with Gasteiger partial charge < -0.3 is 10.7 Å². The molecule has 0 fully saturated rings. The Balaban J connectivity index is 2.90.